The predicted molar refractivity (Wildman–Crippen MR) is 98.1 cm³/mol. The number of anilines is 1. The number of piperazine rings is 1. The van der Waals surface area contributed by atoms with Crippen LogP contribution in [-0.4, -0.2) is 48.3 Å². The second-order valence-corrected chi connectivity index (χ2v) is 6.87. The summed E-state index contributed by atoms with van der Waals surface area (Å²) in [6.07, 6.45) is 0. The maximum atomic E-state index is 5.47. The van der Waals surface area contributed by atoms with E-state index in [2.05, 4.69) is 32.1 Å². The fraction of sp³-hybridized carbons (Fsp3) is 0.333. The van der Waals surface area contributed by atoms with Crippen molar-refractivity contribution in [2.45, 2.75) is 6.54 Å². The normalized spacial score (nSPS) is 15.5. The van der Waals surface area contributed by atoms with Crippen LogP contribution in [0.15, 0.2) is 46.3 Å². The molecule has 0 radical (unpaired) electrons. The topological polar surface area (TPSA) is 54.6 Å². The summed E-state index contributed by atoms with van der Waals surface area (Å²) in [5.74, 6) is 2.28. The molecule has 0 saturated carbocycles. The molecule has 130 valence electrons. The zero-order valence-corrected chi connectivity index (χ0v) is 14.9. The minimum Gasteiger partial charge on any atom is -0.495 e. The SMILES string of the molecule is COc1ccccc1N1CCN(Cc2nc(-c3cccs3)no2)CC1. The maximum absolute atomic E-state index is 5.47. The van der Waals surface area contributed by atoms with Gasteiger partial charge in [0.2, 0.25) is 11.7 Å². The van der Waals surface area contributed by atoms with Crippen LogP contribution in [0.3, 0.4) is 0 Å². The molecule has 6 nitrogen and oxygen atoms in total. The van der Waals surface area contributed by atoms with E-state index in [0.717, 1.165) is 42.5 Å². The van der Waals surface area contributed by atoms with Crippen molar-refractivity contribution >= 4 is 17.0 Å². The summed E-state index contributed by atoms with van der Waals surface area (Å²) in [7, 11) is 1.72. The quantitative estimate of drug-likeness (QED) is 0.700. The number of aromatic nitrogens is 2. The van der Waals surface area contributed by atoms with Gasteiger partial charge in [0, 0.05) is 26.2 Å². The van der Waals surface area contributed by atoms with Crippen molar-refractivity contribution in [1.82, 2.24) is 15.0 Å². The molecule has 1 aliphatic rings. The Morgan fingerprint density at radius 1 is 1.12 bits per heavy atom. The lowest BCUT2D eigenvalue weighted by Crippen LogP contribution is -2.46. The van der Waals surface area contributed by atoms with Crippen LogP contribution in [0.25, 0.3) is 10.7 Å². The molecule has 1 saturated heterocycles. The summed E-state index contributed by atoms with van der Waals surface area (Å²) in [6, 6.07) is 12.2. The van der Waals surface area contributed by atoms with Gasteiger partial charge in [-0.2, -0.15) is 4.98 Å². The molecule has 25 heavy (non-hydrogen) atoms. The van der Waals surface area contributed by atoms with Crippen molar-refractivity contribution in [2.24, 2.45) is 0 Å². The van der Waals surface area contributed by atoms with Crippen molar-refractivity contribution in [1.29, 1.82) is 0 Å². The van der Waals surface area contributed by atoms with E-state index in [1.54, 1.807) is 18.4 Å². The molecule has 0 aliphatic carbocycles. The molecule has 2 aromatic heterocycles. The van der Waals surface area contributed by atoms with Crippen LogP contribution in [0.1, 0.15) is 5.89 Å². The van der Waals surface area contributed by atoms with E-state index in [-0.39, 0.29) is 0 Å². The third-order valence-electron chi connectivity index (χ3n) is 4.37. The molecule has 0 unspecified atom stereocenters. The molecule has 1 fully saturated rings. The summed E-state index contributed by atoms with van der Waals surface area (Å²) in [4.78, 5) is 10.3. The number of methoxy groups -OCH3 is 1. The minimum atomic E-state index is 0.675. The number of hydrogen-bond donors (Lipinski definition) is 0. The zero-order valence-electron chi connectivity index (χ0n) is 14.1. The number of rotatable bonds is 5. The molecule has 4 rings (SSSR count). The van der Waals surface area contributed by atoms with E-state index in [1.165, 1.54) is 0 Å². The van der Waals surface area contributed by atoms with Crippen LogP contribution in [0.2, 0.25) is 0 Å². The van der Waals surface area contributed by atoms with E-state index in [4.69, 9.17) is 9.26 Å². The van der Waals surface area contributed by atoms with E-state index < -0.39 is 0 Å². The van der Waals surface area contributed by atoms with Crippen LogP contribution < -0.4 is 9.64 Å². The predicted octanol–water partition coefficient (Wildman–Crippen LogP) is 3.13. The molecule has 1 aliphatic heterocycles. The Labute approximate surface area is 150 Å². The van der Waals surface area contributed by atoms with Gasteiger partial charge in [-0.25, -0.2) is 0 Å². The second-order valence-electron chi connectivity index (χ2n) is 5.92. The minimum absolute atomic E-state index is 0.675. The second kappa shape index (κ2) is 7.25. The summed E-state index contributed by atoms with van der Waals surface area (Å²) < 4.78 is 10.9. The van der Waals surface area contributed by atoms with Gasteiger partial charge in [-0.15, -0.1) is 11.3 Å². The molecule has 3 aromatic rings. The molecule has 0 atom stereocenters. The van der Waals surface area contributed by atoms with E-state index in [0.29, 0.717) is 18.3 Å². The number of benzene rings is 1. The summed E-state index contributed by atoms with van der Waals surface area (Å²) in [6.45, 7) is 4.50. The maximum Gasteiger partial charge on any atom is 0.241 e. The van der Waals surface area contributed by atoms with Crippen LogP contribution in [0.4, 0.5) is 5.69 Å². The highest BCUT2D eigenvalue weighted by Crippen LogP contribution is 2.28. The molecular formula is C18H20N4O2S. The van der Waals surface area contributed by atoms with Gasteiger partial charge in [0.15, 0.2) is 0 Å². The van der Waals surface area contributed by atoms with E-state index in [9.17, 15) is 0 Å². The van der Waals surface area contributed by atoms with Crippen molar-refractivity contribution in [3.05, 3.63) is 47.7 Å². The van der Waals surface area contributed by atoms with Gasteiger partial charge < -0.3 is 14.2 Å². The smallest absolute Gasteiger partial charge is 0.241 e. The van der Waals surface area contributed by atoms with Gasteiger partial charge in [0.25, 0.3) is 0 Å². The number of para-hydroxylation sites is 2. The Kier molecular flexibility index (Phi) is 4.67. The van der Waals surface area contributed by atoms with Gasteiger partial charge in [-0.1, -0.05) is 23.4 Å². The summed E-state index contributed by atoms with van der Waals surface area (Å²) in [5.41, 5.74) is 1.16. The Hall–Kier alpha value is -2.38. The van der Waals surface area contributed by atoms with Gasteiger partial charge in [0.05, 0.1) is 24.2 Å². The molecule has 1 aromatic carbocycles. The van der Waals surface area contributed by atoms with Crippen molar-refractivity contribution < 1.29 is 9.26 Å². The van der Waals surface area contributed by atoms with Crippen LogP contribution in [-0.2, 0) is 6.54 Å². The van der Waals surface area contributed by atoms with Gasteiger partial charge >= 0.3 is 0 Å². The highest BCUT2D eigenvalue weighted by Gasteiger charge is 2.21. The third-order valence-corrected chi connectivity index (χ3v) is 5.23. The van der Waals surface area contributed by atoms with Crippen molar-refractivity contribution in [3.63, 3.8) is 0 Å². The summed E-state index contributed by atoms with van der Waals surface area (Å²) >= 11 is 1.62. The Balaban J connectivity index is 1.36. The van der Waals surface area contributed by atoms with Crippen LogP contribution in [0.5, 0.6) is 5.75 Å². The third kappa shape index (κ3) is 3.52. The van der Waals surface area contributed by atoms with Gasteiger partial charge in [0.1, 0.15) is 5.75 Å². The monoisotopic (exact) mass is 356 g/mol. The lowest BCUT2D eigenvalue weighted by molar-refractivity contribution is 0.215. The standard InChI is InChI=1S/C18H20N4O2S/c1-23-15-6-3-2-5-14(15)22-10-8-21(9-11-22)13-17-19-18(20-24-17)16-7-4-12-25-16/h2-7,12H,8-11,13H2,1H3. The van der Waals surface area contributed by atoms with E-state index >= 15 is 0 Å². The first kappa shape index (κ1) is 16.1. The number of nitrogens with zero attached hydrogens (tertiary/aromatic N) is 4. The fourth-order valence-electron chi connectivity index (χ4n) is 3.05. The molecule has 0 spiro atoms. The molecule has 0 bridgehead atoms. The number of thiophene rings is 1. The Morgan fingerprint density at radius 3 is 2.72 bits per heavy atom. The molecule has 0 N–H and O–H groups in total. The lowest BCUT2D eigenvalue weighted by Gasteiger charge is -2.35. The highest BCUT2D eigenvalue weighted by molar-refractivity contribution is 7.13. The molecule has 3 heterocycles. The van der Waals surface area contributed by atoms with Crippen LogP contribution >= 0.6 is 11.3 Å². The average Bonchev–Trinajstić information content (AvgIpc) is 3.34. The Morgan fingerprint density at radius 2 is 1.96 bits per heavy atom. The van der Waals surface area contributed by atoms with Crippen molar-refractivity contribution in [3.8, 4) is 16.5 Å². The molecular weight excluding hydrogens is 336 g/mol. The zero-order chi connectivity index (χ0) is 17.1. The first-order chi connectivity index (χ1) is 12.3. The average molecular weight is 356 g/mol. The summed E-state index contributed by atoms with van der Waals surface area (Å²) in [5, 5.41) is 6.10. The number of ether oxygens (including phenoxy) is 1. The molecule has 0 amide bonds. The van der Waals surface area contributed by atoms with Gasteiger partial charge in [-0.3, -0.25) is 4.90 Å². The van der Waals surface area contributed by atoms with Crippen LogP contribution in [0, 0.1) is 0 Å². The fourth-order valence-corrected chi connectivity index (χ4v) is 3.70. The molecule has 7 heteroatoms. The number of hydrogen-bond acceptors (Lipinski definition) is 7. The van der Waals surface area contributed by atoms with Crippen molar-refractivity contribution in [2.75, 3.05) is 38.2 Å². The first-order valence-corrected chi connectivity index (χ1v) is 9.18. The first-order valence-electron chi connectivity index (χ1n) is 8.30. The largest absolute Gasteiger partial charge is 0.495 e. The van der Waals surface area contributed by atoms with Gasteiger partial charge in [-0.05, 0) is 23.6 Å². The highest BCUT2D eigenvalue weighted by atomic mass is 32.1. The van der Waals surface area contributed by atoms with E-state index in [1.807, 2.05) is 29.6 Å². The Bertz CT molecular complexity index is 810. The lowest BCUT2D eigenvalue weighted by atomic mass is 10.2.